The van der Waals surface area contributed by atoms with Crippen LogP contribution in [0.3, 0.4) is 0 Å². The van der Waals surface area contributed by atoms with Gasteiger partial charge in [-0.05, 0) is 43.7 Å². The largest absolute Gasteiger partial charge is 0.492 e. The summed E-state index contributed by atoms with van der Waals surface area (Å²) in [6.45, 7) is 4.87. The number of rotatable bonds is 10. The molecule has 2 N–H and O–H groups in total. The van der Waals surface area contributed by atoms with Gasteiger partial charge in [-0.2, -0.15) is 0 Å². The molecule has 172 valence electrons. The number of hydrogen-bond donors (Lipinski definition) is 2. The van der Waals surface area contributed by atoms with Gasteiger partial charge in [0.1, 0.15) is 11.5 Å². The summed E-state index contributed by atoms with van der Waals surface area (Å²) < 4.78 is 16.7. The Kier molecular flexibility index (Phi) is 8.43. The monoisotopic (exact) mass is 448 g/mol. The molecule has 0 bridgehead atoms. The van der Waals surface area contributed by atoms with Crippen LogP contribution in [0.2, 0.25) is 0 Å². The number of benzene rings is 3. The van der Waals surface area contributed by atoms with Crippen molar-refractivity contribution in [2.24, 2.45) is 0 Å². The third kappa shape index (κ3) is 6.33. The molecule has 33 heavy (non-hydrogen) atoms. The first-order chi connectivity index (χ1) is 16.0. The van der Waals surface area contributed by atoms with Gasteiger partial charge in [0.15, 0.2) is 0 Å². The Balaban J connectivity index is 1.91. The number of carbonyl (C=O) groups excluding carboxylic acids is 2. The Morgan fingerprint density at radius 2 is 1.27 bits per heavy atom. The van der Waals surface area contributed by atoms with Crippen molar-refractivity contribution in [2.45, 2.75) is 20.5 Å². The van der Waals surface area contributed by atoms with E-state index in [0.717, 1.165) is 5.56 Å². The molecule has 7 heteroatoms. The maximum atomic E-state index is 12.9. The lowest BCUT2D eigenvalue weighted by molar-refractivity contribution is 0.101. The average molecular weight is 449 g/mol. The average Bonchev–Trinajstić information content (AvgIpc) is 2.83. The van der Waals surface area contributed by atoms with Crippen molar-refractivity contribution in [3.05, 3.63) is 83.4 Å². The van der Waals surface area contributed by atoms with Crippen LogP contribution in [-0.4, -0.2) is 32.1 Å². The molecule has 0 spiro atoms. The number of hydrogen-bond acceptors (Lipinski definition) is 5. The van der Waals surface area contributed by atoms with Gasteiger partial charge >= 0.3 is 0 Å². The second-order valence-corrected chi connectivity index (χ2v) is 7.12. The van der Waals surface area contributed by atoms with E-state index in [4.69, 9.17) is 14.2 Å². The zero-order chi connectivity index (χ0) is 23.6. The Hall–Kier alpha value is -3.84. The Morgan fingerprint density at radius 1 is 0.727 bits per heavy atom. The Morgan fingerprint density at radius 3 is 1.82 bits per heavy atom. The van der Waals surface area contributed by atoms with Crippen molar-refractivity contribution in [1.82, 2.24) is 0 Å². The summed E-state index contributed by atoms with van der Waals surface area (Å²) in [4.78, 5) is 25.6. The minimum absolute atomic E-state index is 0.272. The molecule has 3 aromatic rings. The van der Waals surface area contributed by atoms with Gasteiger partial charge in [0.25, 0.3) is 11.8 Å². The summed E-state index contributed by atoms with van der Waals surface area (Å²) in [6.07, 6.45) is 0. The van der Waals surface area contributed by atoms with Gasteiger partial charge in [-0.25, -0.2) is 0 Å². The lowest BCUT2D eigenvalue weighted by atomic mass is 10.1. The fourth-order valence-electron chi connectivity index (χ4n) is 3.25. The van der Waals surface area contributed by atoms with Crippen molar-refractivity contribution < 1.29 is 23.8 Å². The molecule has 0 aromatic heterocycles. The number of nitrogens with one attached hydrogen (secondary N) is 2. The van der Waals surface area contributed by atoms with Gasteiger partial charge in [0.05, 0.1) is 31.2 Å². The molecule has 0 aliphatic carbocycles. The zero-order valence-electron chi connectivity index (χ0n) is 19.0. The molecule has 0 atom stereocenters. The summed E-state index contributed by atoms with van der Waals surface area (Å²) in [7, 11) is 1.61. The van der Waals surface area contributed by atoms with Crippen LogP contribution in [0.4, 0.5) is 11.4 Å². The van der Waals surface area contributed by atoms with Crippen LogP contribution in [0.1, 0.15) is 40.1 Å². The number of anilines is 2. The van der Waals surface area contributed by atoms with Gasteiger partial charge in [0, 0.05) is 30.4 Å². The molecule has 0 heterocycles. The molecule has 0 radical (unpaired) electrons. The maximum Gasteiger partial charge on any atom is 0.255 e. The van der Waals surface area contributed by atoms with Crippen LogP contribution >= 0.6 is 0 Å². The standard InChI is InChI=1S/C26H28N2O5/c1-4-32-23-16-22(28-26(30)20-13-9-10-18(14-20)17-31-3)24(33-5-2)15-21(23)27-25(29)19-11-7-6-8-12-19/h6-16H,4-5,17H2,1-3H3,(H,27,29)(H,28,30). The van der Waals surface area contributed by atoms with Crippen molar-refractivity contribution >= 4 is 23.2 Å². The van der Waals surface area contributed by atoms with E-state index in [9.17, 15) is 9.59 Å². The van der Waals surface area contributed by atoms with Gasteiger partial charge in [-0.1, -0.05) is 30.3 Å². The quantitative estimate of drug-likeness (QED) is 0.449. The van der Waals surface area contributed by atoms with E-state index in [0.29, 0.717) is 53.8 Å². The van der Waals surface area contributed by atoms with Gasteiger partial charge in [-0.15, -0.1) is 0 Å². The molecule has 0 saturated carbocycles. The Bertz CT molecular complexity index is 1100. The first-order valence-corrected chi connectivity index (χ1v) is 10.7. The van der Waals surface area contributed by atoms with Crippen molar-refractivity contribution in [2.75, 3.05) is 31.0 Å². The predicted octanol–water partition coefficient (Wildman–Crippen LogP) is 5.14. The van der Waals surface area contributed by atoms with Crippen LogP contribution in [-0.2, 0) is 11.3 Å². The van der Waals surface area contributed by atoms with E-state index in [1.165, 1.54) is 0 Å². The van der Waals surface area contributed by atoms with Gasteiger partial charge < -0.3 is 24.8 Å². The first-order valence-electron chi connectivity index (χ1n) is 10.7. The minimum Gasteiger partial charge on any atom is -0.492 e. The molecule has 0 unspecified atom stereocenters. The zero-order valence-corrected chi connectivity index (χ0v) is 19.0. The first kappa shape index (κ1) is 23.8. The number of amides is 2. The van der Waals surface area contributed by atoms with Crippen LogP contribution in [0.25, 0.3) is 0 Å². The summed E-state index contributed by atoms with van der Waals surface area (Å²) in [5.41, 5.74) is 2.80. The molecule has 3 rings (SSSR count). The Labute approximate surface area is 193 Å². The second kappa shape index (κ2) is 11.7. The molecular weight excluding hydrogens is 420 g/mol. The second-order valence-electron chi connectivity index (χ2n) is 7.12. The molecule has 3 aromatic carbocycles. The van der Waals surface area contributed by atoms with Crippen molar-refractivity contribution in [1.29, 1.82) is 0 Å². The van der Waals surface area contributed by atoms with E-state index in [2.05, 4.69) is 10.6 Å². The number of methoxy groups -OCH3 is 1. The maximum absolute atomic E-state index is 12.9. The van der Waals surface area contributed by atoms with E-state index in [-0.39, 0.29) is 11.8 Å². The molecule has 0 saturated heterocycles. The molecular formula is C26H28N2O5. The molecule has 7 nitrogen and oxygen atoms in total. The summed E-state index contributed by atoms with van der Waals surface area (Å²) in [5, 5.41) is 5.77. The molecule has 0 aliphatic heterocycles. The predicted molar refractivity (Wildman–Crippen MR) is 128 cm³/mol. The third-order valence-electron chi connectivity index (χ3n) is 4.71. The third-order valence-corrected chi connectivity index (χ3v) is 4.71. The fraction of sp³-hybridized carbons (Fsp3) is 0.231. The molecule has 0 fully saturated rings. The lowest BCUT2D eigenvalue weighted by Crippen LogP contribution is -2.16. The SMILES string of the molecule is CCOc1cc(NC(=O)c2cccc(COC)c2)c(OCC)cc1NC(=O)c1ccccc1. The highest BCUT2D eigenvalue weighted by molar-refractivity contribution is 6.07. The van der Waals surface area contributed by atoms with Crippen molar-refractivity contribution in [3.63, 3.8) is 0 Å². The van der Waals surface area contributed by atoms with E-state index < -0.39 is 0 Å². The van der Waals surface area contributed by atoms with Crippen molar-refractivity contribution in [3.8, 4) is 11.5 Å². The van der Waals surface area contributed by atoms with Crippen LogP contribution in [0.15, 0.2) is 66.7 Å². The number of ether oxygens (including phenoxy) is 3. The fourth-order valence-corrected chi connectivity index (χ4v) is 3.25. The number of carbonyl (C=O) groups is 2. The lowest BCUT2D eigenvalue weighted by Gasteiger charge is -2.18. The summed E-state index contributed by atoms with van der Waals surface area (Å²) in [6, 6.07) is 19.4. The normalized spacial score (nSPS) is 10.4. The van der Waals surface area contributed by atoms with E-state index in [1.807, 2.05) is 26.0 Å². The van der Waals surface area contributed by atoms with E-state index in [1.54, 1.807) is 61.7 Å². The minimum atomic E-state index is -0.294. The highest BCUT2D eigenvalue weighted by atomic mass is 16.5. The summed E-state index contributed by atoms with van der Waals surface area (Å²) >= 11 is 0. The smallest absolute Gasteiger partial charge is 0.255 e. The van der Waals surface area contributed by atoms with Gasteiger partial charge in [-0.3, -0.25) is 9.59 Å². The molecule has 0 aliphatic rings. The highest BCUT2D eigenvalue weighted by Crippen LogP contribution is 2.37. The van der Waals surface area contributed by atoms with Crippen LogP contribution in [0, 0.1) is 0 Å². The van der Waals surface area contributed by atoms with E-state index >= 15 is 0 Å². The summed E-state index contributed by atoms with van der Waals surface area (Å²) in [5.74, 6) is 0.280. The van der Waals surface area contributed by atoms with Crippen LogP contribution in [0.5, 0.6) is 11.5 Å². The highest BCUT2D eigenvalue weighted by Gasteiger charge is 2.17. The topological polar surface area (TPSA) is 85.9 Å². The van der Waals surface area contributed by atoms with Gasteiger partial charge in [0.2, 0.25) is 0 Å². The molecule has 2 amide bonds. The van der Waals surface area contributed by atoms with Crippen LogP contribution < -0.4 is 20.1 Å².